The van der Waals surface area contributed by atoms with Crippen molar-refractivity contribution in [3.8, 4) is 11.5 Å². The van der Waals surface area contributed by atoms with Gasteiger partial charge in [-0.15, -0.1) is 0 Å². The van der Waals surface area contributed by atoms with E-state index >= 15 is 0 Å². The van der Waals surface area contributed by atoms with Crippen LogP contribution >= 0.6 is 0 Å². The van der Waals surface area contributed by atoms with E-state index in [1.807, 2.05) is 12.1 Å². The summed E-state index contributed by atoms with van der Waals surface area (Å²) in [4.78, 5) is 11.6. The summed E-state index contributed by atoms with van der Waals surface area (Å²) in [7, 11) is 0. The van der Waals surface area contributed by atoms with Gasteiger partial charge < -0.3 is 4.98 Å². The summed E-state index contributed by atoms with van der Waals surface area (Å²) in [5, 5.41) is 6.72. The molecule has 0 aliphatic carbocycles. The monoisotopic (exact) mass is 185 g/mol. The Bertz CT molecular complexity index is 518. The molecule has 0 aliphatic rings. The van der Waals surface area contributed by atoms with Gasteiger partial charge in [0.2, 0.25) is 0 Å². The first-order valence-corrected chi connectivity index (χ1v) is 4.23. The van der Waals surface area contributed by atoms with Crippen LogP contribution < -0.4 is 0 Å². The first kappa shape index (κ1) is 7.25. The van der Waals surface area contributed by atoms with Crippen molar-refractivity contribution < 1.29 is 0 Å². The highest BCUT2D eigenvalue weighted by molar-refractivity contribution is 5.77. The summed E-state index contributed by atoms with van der Waals surface area (Å²) >= 11 is 0. The van der Waals surface area contributed by atoms with Crippen LogP contribution in [-0.4, -0.2) is 25.1 Å². The third kappa shape index (κ3) is 0.990. The van der Waals surface area contributed by atoms with Crippen molar-refractivity contribution in [1.29, 1.82) is 0 Å². The molecule has 5 nitrogen and oxygen atoms in total. The number of nitrogens with zero attached hydrogens (tertiary/aromatic N) is 3. The molecular formula is C9H7N5. The van der Waals surface area contributed by atoms with Crippen LogP contribution in [-0.2, 0) is 0 Å². The number of imidazole rings is 1. The Morgan fingerprint density at radius 2 is 2.14 bits per heavy atom. The first-order chi connectivity index (χ1) is 6.93. The third-order valence-corrected chi connectivity index (χ3v) is 2.04. The minimum Gasteiger partial charge on any atom is -0.335 e. The molecule has 0 saturated carbocycles. The van der Waals surface area contributed by atoms with E-state index in [0.29, 0.717) is 0 Å². The lowest BCUT2D eigenvalue weighted by Crippen LogP contribution is -1.79. The smallest absolute Gasteiger partial charge is 0.156 e. The zero-order chi connectivity index (χ0) is 9.38. The van der Waals surface area contributed by atoms with Gasteiger partial charge in [-0.2, -0.15) is 5.10 Å². The molecule has 0 radical (unpaired) electrons. The number of rotatable bonds is 1. The molecule has 0 saturated heterocycles. The van der Waals surface area contributed by atoms with Gasteiger partial charge in [-0.25, -0.2) is 4.98 Å². The summed E-state index contributed by atoms with van der Waals surface area (Å²) in [6.45, 7) is 0. The molecule has 3 aromatic heterocycles. The predicted octanol–water partition coefficient (Wildman–Crippen LogP) is 1.35. The van der Waals surface area contributed by atoms with Crippen LogP contribution in [0, 0.1) is 0 Å². The van der Waals surface area contributed by atoms with Crippen molar-refractivity contribution in [2.75, 3.05) is 0 Å². The van der Waals surface area contributed by atoms with E-state index in [1.165, 1.54) is 0 Å². The average Bonchev–Trinajstić information content (AvgIpc) is 2.86. The largest absolute Gasteiger partial charge is 0.335 e. The molecule has 0 amide bonds. The van der Waals surface area contributed by atoms with Crippen LogP contribution in [0.15, 0.2) is 30.7 Å². The topological polar surface area (TPSA) is 70.2 Å². The van der Waals surface area contributed by atoms with Gasteiger partial charge in [0.05, 0.1) is 17.2 Å². The molecule has 0 atom stereocenters. The van der Waals surface area contributed by atoms with Crippen molar-refractivity contribution in [1.82, 2.24) is 25.1 Å². The molecule has 0 spiro atoms. The summed E-state index contributed by atoms with van der Waals surface area (Å²) in [5.41, 5.74) is 2.71. The standard InChI is InChI=1S/C9H7N5/c1-3-10-5-8-6(1)12-9(13-8)7-2-4-11-14-7/h1-5H,(H,11,14)(H,12,13). The fourth-order valence-electron chi connectivity index (χ4n) is 1.37. The second-order valence-electron chi connectivity index (χ2n) is 2.95. The van der Waals surface area contributed by atoms with E-state index < -0.39 is 0 Å². The van der Waals surface area contributed by atoms with Gasteiger partial charge in [0.15, 0.2) is 5.82 Å². The number of fused-ring (bicyclic) bond motifs is 1. The van der Waals surface area contributed by atoms with E-state index in [0.717, 1.165) is 22.6 Å². The fraction of sp³-hybridized carbons (Fsp3) is 0. The number of hydrogen-bond donors (Lipinski definition) is 2. The lowest BCUT2D eigenvalue weighted by atomic mass is 10.4. The maximum absolute atomic E-state index is 4.39. The first-order valence-electron chi connectivity index (χ1n) is 4.23. The Kier molecular flexibility index (Phi) is 1.38. The highest BCUT2D eigenvalue weighted by atomic mass is 15.1. The van der Waals surface area contributed by atoms with Crippen LogP contribution in [0.3, 0.4) is 0 Å². The molecule has 14 heavy (non-hydrogen) atoms. The fourth-order valence-corrected chi connectivity index (χ4v) is 1.37. The molecule has 68 valence electrons. The second-order valence-corrected chi connectivity index (χ2v) is 2.95. The Balaban J connectivity index is 2.24. The lowest BCUT2D eigenvalue weighted by molar-refractivity contribution is 1.08. The van der Waals surface area contributed by atoms with Crippen molar-refractivity contribution in [3.05, 3.63) is 30.7 Å². The second kappa shape index (κ2) is 2.66. The molecule has 3 heterocycles. The maximum Gasteiger partial charge on any atom is 0.156 e. The molecule has 0 aromatic carbocycles. The van der Waals surface area contributed by atoms with Crippen LogP contribution in [0.1, 0.15) is 0 Å². The maximum atomic E-state index is 4.39. The van der Waals surface area contributed by atoms with Crippen molar-refractivity contribution in [2.24, 2.45) is 0 Å². The van der Waals surface area contributed by atoms with Gasteiger partial charge in [0.1, 0.15) is 5.69 Å². The summed E-state index contributed by atoms with van der Waals surface area (Å²) in [6.07, 6.45) is 5.17. The van der Waals surface area contributed by atoms with Crippen LogP contribution in [0.2, 0.25) is 0 Å². The van der Waals surface area contributed by atoms with E-state index in [1.54, 1.807) is 18.6 Å². The number of pyridine rings is 1. The molecule has 3 rings (SSSR count). The van der Waals surface area contributed by atoms with Gasteiger partial charge >= 0.3 is 0 Å². The SMILES string of the molecule is c1cc2nc(-c3ccn[nH]3)[nH]c2cn1. The quantitative estimate of drug-likeness (QED) is 0.601. The van der Waals surface area contributed by atoms with Gasteiger partial charge in [-0.05, 0) is 12.1 Å². The summed E-state index contributed by atoms with van der Waals surface area (Å²) < 4.78 is 0. The summed E-state index contributed by atoms with van der Waals surface area (Å²) in [5.74, 6) is 0.783. The average molecular weight is 185 g/mol. The molecule has 5 heteroatoms. The van der Waals surface area contributed by atoms with E-state index in [2.05, 4.69) is 25.1 Å². The number of aromatic amines is 2. The van der Waals surface area contributed by atoms with Crippen molar-refractivity contribution >= 4 is 11.0 Å². The highest BCUT2D eigenvalue weighted by Crippen LogP contribution is 2.16. The number of H-pyrrole nitrogens is 2. The Labute approximate surface area is 79.2 Å². The zero-order valence-electron chi connectivity index (χ0n) is 7.23. The lowest BCUT2D eigenvalue weighted by Gasteiger charge is -1.86. The molecule has 0 fully saturated rings. The molecular weight excluding hydrogens is 178 g/mol. The highest BCUT2D eigenvalue weighted by Gasteiger charge is 2.04. The number of nitrogens with one attached hydrogen (secondary N) is 2. The van der Waals surface area contributed by atoms with Gasteiger partial charge in [0.25, 0.3) is 0 Å². The molecule has 0 bridgehead atoms. The number of hydrogen-bond acceptors (Lipinski definition) is 3. The van der Waals surface area contributed by atoms with Gasteiger partial charge in [0, 0.05) is 12.4 Å². The van der Waals surface area contributed by atoms with Crippen molar-refractivity contribution in [2.45, 2.75) is 0 Å². The summed E-state index contributed by atoms with van der Waals surface area (Å²) in [6, 6.07) is 3.73. The van der Waals surface area contributed by atoms with E-state index in [4.69, 9.17) is 0 Å². The molecule has 3 aromatic rings. The minimum absolute atomic E-state index is 0.783. The zero-order valence-corrected chi connectivity index (χ0v) is 7.23. The Morgan fingerprint density at radius 3 is 2.93 bits per heavy atom. The third-order valence-electron chi connectivity index (χ3n) is 2.04. The van der Waals surface area contributed by atoms with Crippen LogP contribution in [0.4, 0.5) is 0 Å². The number of aromatic nitrogens is 5. The van der Waals surface area contributed by atoms with Crippen LogP contribution in [0.5, 0.6) is 0 Å². The Hall–Kier alpha value is -2.17. The van der Waals surface area contributed by atoms with Crippen molar-refractivity contribution in [3.63, 3.8) is 0 Å². The predicted molar refractivity (Wildman–Crippen MR) is 51.5 cm³/mol. The normalized spacial score (nSPS) is 10.9. The molecule has 0 unspecified atom stereocenters. The van der Waals surface area contributed by atoms with E-state index in [-0.39, 0.29) is 0 Å². The van der Waals surface area contributed by atoms with Crippen LogP contribution in [0.25, 0.3) is 22.6 Å². The van der Waals surface area contributed by atoms with E-state index in [9.17, 15) is 0 Å². The molecule has 0 aliphatic heterocycles. The van der Waals surface area contributed by atoms with Gasteiger partial charge in [-0.3, -0.25) is 10.1 Å². The van der Waals surface area contributed by atoms with Gasteiger partial charge in [-0.1, -0.05) is 0 Å². The Morgan fingerprint density at radius 1 is 1.14 bits per heavy atom. The minimum atomic E-state index is 0.783. The molecule has 2 N–H and O–H groups in total.